The number of aryl methyl sites for hydroxylation is 1. The number of aromatic amines is 1. The number of fused-ring (bicyclic) bond motifs is 1. The normalized spacial score (nSPS) is 10.8. The van der Waals surface area contributed by atoms with E-state index in [-0.39, 0.29) is 0 Å². The molecule has 2 aromatic heterocycles. The van der Waals surface area contributed by atoms with E-state index < -0.39 is 0 Å². The van der Waals surface area contributed by atoms with Crippen molar-refractivity contribution in [3.8, 4) is 0 Å². The molecule has 0 unspecified atom stereocenters. The van der Waals surface area contributed by atoms with Crippen LogP contribution in [-0.4, -0.2) is 16.5 Å². The Hall–Kier alpha value is -3.27. The van der Waals surface area contributed by atoms with E-state index in [1.807, 2.05) is 12.1 Å². The van der Waals surface area contributed by atoms with E-state index in [0.29, 0.717) is 0 Å². The number of nitrogens with zero attached hydrogens (tertiary/aromatic N) is 1. The molecule has 0 atom stereocenters. The second kappa shape index (κ2) is 7.31. The predicted molar refractivity (Wildman–Crippen MR) is 109 cm³/mol. The largest absolute Gasteiger partial charge is 0.385 e. The van der Waals surface area contributed by atoms with Gasteiger partial charge in [-0.3, -0.25) is 4.98 Å². The topological polar surface area (TPSA) is 52.7 Å². The van der Waals surface area contributed by atoms with Crippen LogP contribution < -0.4 is 10.6 Å². The number of aromatic nitrogens is 2. The molecule has 4 rings (SSSR count). The number of hydrogen-bond acceptors (Lipinski definition) is 3. The van der Waals surface area contributed by atoms with E-state index in [1.165, 1.54) is 22.0 Å². The third-order valence-corrected chi connectivity index (χ3v) is 4.58. The Labute approximate surface area is 153 Å². The van der Waals surface area contributed by atoms with Gasteiger partial charge in [-0.2, -0.15) is 0 Å². The zero-order valence-electron chi connectivity index (χ0n) is 14.8. The summed E-state index contributed by atoms with van der Waals surface area (Å²) in [7, 11) is 0. The minimum absolute atomic E-state index is 0.901. The van der Waals surface area contributed by atoms with Crippen molar-refractivity contribution in [2.45, 2.75) is 13.3 Å². The van der Waals surface area contributed by atoms with Crippen molar-refractivity contribution >= 4 is 28.0 Å². The third kappa shape index (κ3) is 3.54. The smallest absolute Gasteiger partial charge is 0.0456 e. The maximum absolute atomic E-state index is 4.05. The lowest BCUT2D eigenvalue weighted by Crippen LogP contribution is -2.05. The molecule has 0 aliphatic rings. The van der Waals surface area contributed by atoms with Crippen LogP contribution in [0.3, 0.4) is 0 Å². The molecule has 2 aromatic carbocycles. The maximum atomic E-state index is 4.05. The standard InChI is InChI=1S/C22H22N4/c1-16-14-19(6-7-21(16)26-18-9-11-23-12-10-18)24-13-8-17-15-25-22-5-3-2-4-20(17)22/h2-7,9-12,14-15,24-25H,8,13H2,1H3,(H,23,26). The fourth-order valence-electron chi connectivity index (χ4n) is 3.18. The van der Waals surface area contributed by atoms with Crippen LogP contribution in [0.5, 0.6) is 0 Å². The highest BCUT2D eigenvalue weighted by Gasteiger charge is 2.04. The summed E-state index contributed by atoms with van der Waals surface area (Å²) in [5, 5.41) is 8.26. The van der Waals surface area contributed by atoms with E-state index in [4.69, 9.17) is 0 Å². The Morgan fingerprint density at radius 2 is 1.81 bits per heavy atom. The molecule has 0 amide bonds. The summed E-state index contributed by atoms with van der Waals surface area (Å²) >= 11 is 0. The van der Waals surface area contributed by atoms with Crippen molar-refractivity contribution in [3.63, 3.8) is 0 Å². The lowest BCUT2D eigenvalue weighted by atomic mass is 10.1. The van der Waals surface area contributed by atoms with Crippen molar-refractivity contribution in [1.82, 2.24) is 9.97 Å². The van der Waals surface area contributed by atoms with Crippen LogP contribution in [0.4, 0.5) is 17.1 Å². The van der Waals surface area contributed by atoms with Gasteiger partial charge < -0.3 is 15.6 Å². The minimum atomic E-state index is 0.901. The molecule has 3 N–H and O–H groups in total. The summed E-state index contributed by atoms with van der Waals surface area (Å²) in [5.74, 6) is 0. The van der Waals surface area contributed by atoms with Crippen LogP contribution >= 0.6 is 0 Å². The molecule has 0 saturated heterocycles. The van der Waals surface area contributed by atoms with Crippen molar-refractivity contribution in [1.29, 1.82) is 0 Å². The molecule has 0 bridgehead atoms. The van der Waals surface area contributed by atoms with Gasteiger partial charge in [-0.1, -0.05) is 18.2 Å². The van der Waals surface area contributed by atoms with Crippen LogP contribution in [0, 0.1) is 6.92 Å². The Balaban J connectivity index is 1.39. The van der Waals surface area contributed by atoms with Crippen LogP contribution in [0.25, 0.3) is 10.9 Å². The van der Waals surface area contributed by atoms with Gasteiger partial charge in [-0.05, 0) is 60.9 Å². The minimum Gasteiger partial charge on any atom is -0.385 e. The zero-order valence-corrected chi connectivity index (χ0v) is 14.8. The van der Waals surface area contributed by atoms with Gasteiger partial charge in [0.05, 0.1) is 0 Å². The van der Waals surface area contributed by atoms with Crippen molar-refractivity contribution in [2.75, 3.05) is 17.2 Å². The Bertz CT molecular complexity index is 1010. The molecular formula is C22H22N4. The molecule has 0 saturated carbocycles. The molecule has 0 radical (unpaired) electrons. The highest BCUT2D eigenvalue weighted by molar-refractivity contribution is 5.83. The van der Waals surface area contributed by atoms with Gasteiger partial charge >= 0.3 is 0 Å². The summed E-state index contributed by atoms with van der Waals surface area (Å²) < 4.78 is 0. The number of rotatable bonds is 6. The number of nitrogens with one attached hydrogen (secondary N) is 3. The molecule has 0 fully saturated rings. The molecule has 130 valence electrons. The summed E-state index contributed by atoms with van der Waals surface area (Å²) in [6, 6.07) is 18.8. The quantitative estimate of drug-likeness (QED) is 0.447. The number of pyridine rings is 1. The summed E-state index contributed by atoms with van der Waals surface area (Å²) in [6.07, 6.45) is 6.68. The van der Waals surface area contributed by atoms with Gasteiger partial charge in [0.25, 0.3) is 0 Å². The van der Waals surface area contributed by atoms with Gasteiger partial charge in [0, 0.05) is 53.1 Å². The third-order valence-electron chi connectivity index (χ3n) is 4.58. The number of anilines is 3. The summed E-state index contributed by atoms with van der Waals surface area (Å²) in [4.78, 5) is 7.38. The molecule has 4 nitrogen and oxygen atoms in total. The number of H-pyrrole nitrogens is 1. The van der Waals surface area contributed by atoms with E-state index in [0.717, 1.165) is 30.0 Å². The predicted octanol–water partition coefficient (Wildman–Crippen LogP) is 5.27. The fraction of sp³-hybridized carbons (Fsp3) is 0.136. The van der Waals surface area contributed by atoms with Crippen molar-refractivity contribution in [3.05, 3.63) is 84.3 Å². The average Bonchev–Trinajstić information content (AvgIpc) is 3.08. The Morgan fingerprint density at radius 1 is 0.962 bits per heavy atom. The number of benzene rings is 2. The molecule has 4 heteroatoms. The van der Waals surface area contributed by atoms with Gasteiger partial charge in [0.2, 0.25) is 0 Å². The number of hydrogen-bond donors (Lipinski definition) is 3. The average molecular weight is 342 g/mol. The SMILES string of the molecule is Cc1cc(NCCc2c[nH]c3ccccc23)ccc1Nc1ccncc1. The van der Waals surface area contributed by atoms with Crippen molar-refractivity contribution < 1.29 is 0 Å². The van der Waals surface area contributed by atoms with Crippen LogP contribution in [0.2, 0.25) is 0 Å². The Morgan fingerprint density at radius 3 is 2.65 bits per heavy atom. The van der Waals surface area contributed by atoms with E-state index in [2.05, 4.69) is 76.2 Å². The molecule has 0 aliphatic carbocycles. The first-order valence-electron chi connectivity index (χ1n) is 8.86. The second-order valence-electron chi connectivity index (χ2n) is 6.43. The van der Waals surface area contributed by atoms with E-state index in [1.54, 1.807) is 12.4 Å². The van der Waals surface area contributed by atoms with Gasteiger partial charge in [0.1, 0.15) is 0 Å². The highest BCUT2D eigenvalue weighted by atomic mass is 14.9. The van der Waals surface area contributed by atoms with Crippen molar-refractivity contribution in [2.24, 2.45) is 0 Å². The first-order valence-corrected chi connectivity index (χ1v) is 8.86. The van der Waals surface area contributed by atoms with Gasteiger partial charge in [-0.15, -0.1) is 0 Å². The molecule has 0 aliphatic heterocycles. The summed E-state index contributed by atoms with van der Waals surface area (Å²) in [5.41, 5.74) is 7.05. The fourth-order valence-corrected chi connectivity index (χ4v) is 3.18. The van der Waals surface area contributed by atoms with E-state index in [9.17, 15) is 0 Å². The first kappa shape index (κ1) is 16.2. The molecule has 2 heterocycles. The van der Waals surface area contributed by atoms with Gasteiger partial charge in [0.15, 0.2) is 0 Å². The monoisotopic (exact) mass is 342 g/mol. The van der Waals surface area contributed by atoms with Crippen LogP contribution in [0.1, 0.15) is 11.1 Å². The lowest BCUT2D eigenvalue weighted by molar-refractivity contribution is 1.03. The van der Waals surface area contributed by atoms with Crippen LogP contribution in [-0.2, 0) is 6.42 Å². The molecule has 0 spiro atoms. The summed E-state index contributed by atoms with van der Waals surface area (Å²) in [6.45, 7) is 3.02. The highest BCUT2D eigenvalue weighted by Crippen LogP contribution is 2.23. The second-order valence-corrected chi connectivity index (χ2v) is 6.43. The van der Waals surface area contributed by atoms with Gasteiger partial charge in [-0.25, -0.2) is 0 Å². The molecule has 26 heavy (non-hydrogen) atoms. The first-order chi connectivity index (χ1) is 12.8. The van der Waals surface area contributed by atoms with E-state index >= 15 is 0 Å². The molecular weight excluding hydrogens is 320 g/mol. The lowest BCUT2D eigenvalue weighted by Gasteiger charge is -2.12. The maximum Gasteiger partial charge on any atom is 0.0456 e. The zero-order chi connectivity index (χ0) is 17.8. The Kier molecular flexibility index (Phi) is 4.56. The molecule has 4 aromatic rings. The number of para-hydroxylation sites is 1. The van der Waals surface area contributed by atoms with Crippen LogP contribution in [0.15, 0.2) is 73.2 Å².